The molecule has 172 valence electrons. The molecule has 1 fully saturated rings. The van der Waals surface area contributed by atoms with Gasteiger partial charge in [-0.3, -0.25) is 4.79 Å². The maximum absolute atomic E-state index is 12.8. The molecule has 1 aromatic heterocycles. The molecule has 0 aliphatic heterocycles. The Balaban J connectivity index is 1.66. The second kappa shape index (κ2) is 10.8. The number of nitrogens with zero attached hydrogens (tertiary/aromatic N) is 1. The van der Waals surface area contributed by atoms with Gasteiger partial charge in [0.1, 0.15) is 24.0 Å². The fourth-order valence-corrected chi connectivity index (χ4v) is 3.97. The average Bonchev–Trinajstić information content (AvgIpc) is 3.32. The highest BCUT2D eigenvalue weighted by Crippen LogP contribution is 2.32. The van der Waals surface area contributed by atoms with Crippen LogP contribution < -0.4 is 14.8 Å². The monoisotopic (exact) mass is 442 g/mol. The smallest absolute Gasteiger partial charge is 0.328 e. The number of carbonyl (C=O) groups excluding carboxylic acids is 2. The number of pyridine rings is 1. The predicted molar refractivity (Wildman–Crippen MR) is 118 cm³/mol. The Morgan fingerprint density at radius 2 is 1.81 bits per heavy atom. The van der Waals surface area contributed by atoms with E-state index in [-0.39, 0.29) is 29.2 Å². The predicted octanol–water partition coefficient (Wildman–Crippen LogP) is 3.48. The topological polar surface area (TPSA) is 107 Å². The maximum Gasteiger partial charge on any atom is 0.328 e. The number of amides is 1. The van der Waals surface area contributed by atoms with Gasteiger partial charge in [-0.05, 0) is 44.7 Å². The first-order valence-electron chi connectivity index (χ1n) is 10.9. The molecule has 0 spiro atoms. The second-order valence-electron chi connectivity index (χ2n) is 7.99. The Bertz CT molecular complexity index is 914. The van der Waals surface area contributed by atoms with Crippen molar-refractivity contribution in [3.05, 3.63) is 48.3 Å². The largest absolute Gasteiger partial charge is 0.503 e. The van der Waals surface area contributed by atoms with Crippen molar-refractivity contribution in [2.24, 2.45) is 5.92 Å². The van der Waals surface area contributed by atoms with E-state index < -0.39 is 24.0 Å². The van der Waals surface area contributed by atoms with Crippen molar-refractivity contribution in [1.82, 2.24) is 10.3 Å². The number of methoxy groups -OCH3 is 1. The van der Waals surface area contributed by atoms with Crippen LogP contribution in [-0.4, -0.2) is 47.3 Å². The molecule has 1 amide bonds. The quantitative estimate of drug-likeness (QED) is 0.573. The van der Waals surface area contributed by atoms with Gasteiger partial charge in [0.2, 0.25) is 0 Å². The summed E-state index contributed by atoms with van der Waals surface area (Å²) in [4.78, 5) is 29.3. The number of ether oxygens (including phenoxy) is 3. The Morgan fingerprint density at radius 1 is 1.12 bits per heavy atom. The van der Waals surface area contributed by atoms with Crippen molar-refractivity contribution in [3.63, 3.8) is 0 Å². The molecule has 1 saturated carbocycles. The molecule has 1 aromatic carbocycles. The summed E-state index contributed by atoms with van der Waals surface area (Å²) >= 11 is 0. The van der Waals surface area contributed by atoms with E-state index in [4.69, 9.17) is 14.2 Å². The number of aromatic hydroxyl groups is 1. The van der Waals surface area contributed by atoms with Gasteiger partial charge >= 0.3 is 5.97 Å². The third-order valence-electron chi connectivity index (χ3n) is 5.67. The van der Waals surface area contributed by atoms with Crippen LogP contribution in [0.3, 0.4) is 0 Å². The fourth-order valence-electron chi connectivity index (χ4n) is 3.97. The van der Waals surface area contributed by atoms with E-state index in [0.717, 1.165) is 25.7 Å². The minimum Gasteiger partial charge on any atom is -0.503 e. The van der Waals surface area contributed by atoms with E-state index in [2.05, 4.69) is 10.3 Å². The highest BCUT2D eigenvalue weighted by Gasteiger charge is 2.35. The summed E-state index contributed by atoms with van der Waals surface area (Å²) in [5, 5.41) is 12.7. The van der Waals surface area contributed by atoms with E-state index in [1.54, 1.807) is 0 Å². The molecule has 32 heavy (non-hydrogen) atoms. The minimum absolute atomic E-state index is 0.119. The summed E-state index contributed by atoms with van der Waals surface area (Å²) < 4.78 is 16.9. The van der Waals surface area contributed by atoms with E-state index in [9.17, 15) is 14.7 Å². The third-order valence-corrected chi connectivity index (χ3v) is 5.67. The Morgan fingerprint density at radius 3 is 2.47 bits per heavy atom. The molecule has 1 aliphatic carbocycles. The number of benzene rings is 1. The summed E-state index contributed by atoms with van der Waals surface area (Å²) in [6.07, 6.45) is 4.65. The first-order chi connectivity index (χ1) is 15.4. The fraction of sp³-hybridized carbons (Fsp3) is 0.458. The second-order valence-corrected chi connectivity index (χ2v) is 7.99. The normalized spacial score (nSPS) is 16.6. The van der Waals surface area contributed by atoms with Gasteiger partial charge in [0.25, 0.3) is 5.91 Å². The molecule has 1 aliphatic rings. The number of hydrogen-bond donors (Lipinski definition) is 2. The summed E-state index contributed by atoms with van der Waals surface area (Å²) in [6, 6.07) is 9.90. The number of carbonyl (C=O) groups is 2. The molecular formula is C24H30N2O6. The van der Waals surface area contributed by atoms with E-state index in [1.807, 2.05) is 37.3 Å². The van der Waals surface area contributed by atoms with Crippen LogP contribution in [0.4, 0.5) is 0 Å². The zero-order valence-corrected chi connectivity index (χ0v) is 18.6. The van der Waals surface area contributed by atoms with Crippen molar-refractivity contribution in [3.8, 4) is 17.2 Å². The zero-order valence-electron chi connectivity index (χ0n) is 18.6. The van der Waals surface area contributed by atoms with Gasteiger partial charge in [-0.2, -0.15) is 0 Å². The lowest BCUT2D eigenvalue weighted by molar-refractivity contribution is -0.159. The summed E-state index contributed by atoms with van der Waals surface area (Å²) in [5.41, 5.74) is -0.225. The standard InChI is InChI=1S/C24H30N2O6/c1-15(26-23(28)20-21(27)19(30-3)13-14-25-20)24(29)32-22(17-9-7-8-10-17)16(2)31-18-11-5-4-6-12-18/h4-6,11-17,22,27H,7-10H2,1-3H3,(H,26,28)/t15-,16-,22-/m0/s1. The van der Waals surface area contributed by atoms with Gasteiger partial charge in [-0.1, -0.05) is 31.0 Å². The van der Waals surface area contributed by atoms with Gasteiger partial charge in [-0.25, -0.2) is 9.78 Å². The lowest BCUT2D eigenvalue weighted by atomic mass is 9.96. The summed E-state index contributed by atoms with van der Waals surface area (Å²) in [6.45, 7) is 3.43. The summed E-state index contributed by atoms with van der Waals surface area (Å²) in [7, 11) is 1.37. The zero-order chi connectivity index (χ0) is 23.1. The maximum atomic E-state index is 12.8. The van der Waals surface area contributed by atoms with Gasteiger partial charge < -0.3 is 24.6 Å². The van der Waals surface area contributed by atoms with E-state index >= 15 is 0 Å². The number of hydrogen-bond acceptors (Lipinski definition) is 7. The number of para-hydroxylation sites is 1. The van der Waals surface area contributed by atoms with Crippen LogP contribution >= 0.6 is 0 Å². The average molecular weight is 443 g/mol. The van der Waals surface area contributed by atoms with Crippen molar-refractivity contribution in [1.29, 1.82) is 0 Å². The molecule has 3 rings (SSSR count). The first kappa shape index (κ1) is 23.4. The van der Waals surface area contributed by atoms with Crippen molar-refractivity contribution in [2.45, 2.75) is 57.8 Å². The number of nitrogens with one attached hydrogen (secondary N) is 1. The molecule has 0 radical (unpaired) electrons. The Kier molecular flexibility index (Phi) is 7.92. The van der Waals surface area contributed by atoms with Crippen LogP contribution in [0.15, 0.2) is 42.6 Å². The molecule has 0 bridgehead atoms. The highest BCUT2D eigenvalue weighted by molar-refractivity contribution is 5.97. The molecule has 0 saturated heterocycles. The molecule has 8 nitrogen and oxygen atoms in total. The summed E-state index contributed by atoms with van der Waals surface area (Å²) in [5.74, 6) is -0.627. The van der Waals surface area contributed by atoms with Crippen molar-refractivity contribution in [2.75, 3.05) is 7.11 Å². The Labute approximate surface area is 187 Å². The number of rotatable bonds is 9. The van der Waals surface area contributed by atoms with Crippen LogP contribution in [0.2, 0.25) is 0 Å². The molecule has 1 heterocycles. The molecule has 2 N–H and O–H groups in total. The van der Waals surface area contributed by atoms with Gasteiger partial charge in [-0.15, -0.1) is 0 Å². The number of esters is 1. The van der Waals surface area contributed by atoms with Crippen LogP contribution in [0.25, 0.3) is 0 Å². The Hall–Kier alpha value is -3.29. The third kappa shape index (κ3) is 5.69. The van der Waals surface area contributed by atoms with Gasteiger partial charge in [0, 0.05) is 12.3 Å². The van der Waals surface area contributed by atoms with Crippen LogP contribution in [0.5, 0.6) is 17.2 Å². The SMILES string of the molecule is COc1ccnc(C(=O)N[C@@H](C)C(=O)O[C@H](C2CCCC2)[C@H](C)Oc2ccccc2)c1O. The lowest BCUT2D eigenvalue weighted by Crippen LogP contribution is -2.45. The highest BCUT2D eigenvalue weighted by atomic mass is 16.6. The van der Waals surface area contributed by atoms with E-state index in [1.165, 1.54) is 26.3 Å². The van der Waals surface area contributed by atoms with Crippen LogP contribution in [-0.2, 0) is 9.53 Å². The van der Waals surface area contributed by atoms with Gasteiger partial charge in [0.05, 0.1) is 7.11 Å². The molecule has 2 aromatic rings. The lowest BCUT2D eigenvalue weighted by Gasteiger charge is -2.30. The minimum atomic E-state index is -0.942. The molecule has 8 heteroatoms. The van der Waals surface area contributed by atoms with E-state index in [0.29, 0.717) is 5.75 Å². The first-order valence-corrected chi connectivity index (χ1v) is 10.9. The van der Waals surface area contributed by atoms with Crippen LogP contribution in [0, 0.1) is 5.92 Å². The number of aromatic nitrogens is 1. The molecule has 3 atom stereocenters. The van der Waals surface area contributed by atoms with Crippen LogP contribution in [0.1, 0.15) is 50.0 Å². The van der Waals surface area contributed by atoms with Gasteiger partial charge in [0.15, 0.2) is 17.2 Å². The molecular weight excluding hydrogens is 412 g/mol. The van der Waals surface area contributed by atoms with Crippen molar-refractivity contribution >= 4 is 11.9 Å². The molecule has 0 unspecified atom stereocenters. The van der Waals surface area contributed by atoms with Crippen molar-refractivity contribution < 1.29 is 28.9 Å².